The van der Waals surface area contributed by atoms with Gasteiger partial charge in [0.05, 0.1) is 0 Å². The lowest BCUT2D eigenvalue weighted by Crippen LogP contribution is -2.29. The molecule has 1 aromatic heterocycles. The number of nitrogen functional groups attached to an aromatic ring is 1. The molecule has 2 heterocycles. The SMILES string of the molecule is Nc1cc(N2CCNC(=O)CC2)nc(-c2ccccc2)n1. The summed E-state index contributed by atoms with van der Waals surface area (Å²) in [5.41, 5.74) is 6.84. The summed E-state index contributed by atoms with van der Waals surface area (Å²) in [6, 6.07) is 11.5. The zero-order valence-electron chi connectivity index (χ0n) is 11.6. The Hall–Kier alpha value is -2.63. The van der Waals surface area contributed by atoms with Crippen LogP contribution in [-0.4, -0.2) is 35.5 Å². The highest BCUT2D eigenvalue weighted by molar-refractivity contribution is 5.77. The largest absolute Gasteiger partial charge is 0.384 e. The predicted molar refractivity (Wildman–Crippen MR) is 81.7 cm³/mol. The Balaban J connectivity index is 1.92. The van der Waals surface area contributed by atoms with Gasteiger partial charge >= 0.3 is 0 Å². The molecule has 1 fully saturated rings. The second kappa shape index (κ2) is 5.78. The minimum Gasteiger partial charge on any atom is -0.384 e. The molecule has 0 atom stereocenters. The van der Waals surface area contributed by atoms with Gasteiger partial charge in [-0.15, -0.1) is 0 Å². The average Bonchev–Trinajstić information content (AvgIpc) is 2.72. The Morgan fingerprint density at radius 1 is 1.14 bits per heavy atom. The third kappa shape index (κ3) is 3.10. The molecule has 0 bridgehead atoms. The highest BCUT2D eigenvalue weighted by Gasteiger charge is 2.16. The van der Waals surface area contributed by atoms with E-state index in [-0.39, 0.29) is 5.91 Å². The molecule has 3 rings (SSSR count). The molecule has 108 valence electrons. The Labute approximate surface area is 123 Å². The molecule has 0 saturated carbocycles. The summed E-state index contributed by atoms with van der Waals surface area (Å²) in [5, 5.41) is 2.85. The van der Waals surface area contributed by atoms with Gasteiger partial charge in [0.15, 0.2) is 5.82 Å². The van der Waals surface area contributed by atoms with E-state index >= 15 is 0 Å². The van der Waals surface area contributed by atoms with Gasteiger partial charge in [-0.1, -0.05) is 30.3 Å². The first-order valence-corrected chi connectivity index (χ1v) is 6.94. The van der Waals surface area contributed by atoms with Gasteiger partial charge in [-0.3, -0.25) is 4.79 Å². The number of aromatic nitrogens is 2. The van der Waals surface area contributed by atoms with Crippen molar-refractivity contribution >= 4 is 17.5 Å². The molecule has 3 N–H and O–H groups in total. The second-order valence-electron chi connectivity index (χ2n) is 4.93. The summed E-state index contributed by atoms with van der Waals surface area (Å²) in [7, 11) is 0. The van der Waals surface area contributed by atoms with E-state index in [0.717, 1.165) is 17.9 Å². The number of carbonyl (C=O) groups excluding carboxylic acids is 1. The van der Waals surface area contributed by atoms with Gasteiger partial charge in [0.25, 0.3) is 0 Å². The van der Waals surface area contributed by atoms with Gasteiger partial charge in [0.1, 0.15) is 11.6 Å². The molecular formula is C15H17N5O. The van der Waals surface area contributed by atoms with E-state index in [0.29, 0.717) is 31.2 Å². The number of rotatable bonds is 2. The summed E-state index contributed by atoms with van der Waals surface area (Å²) in [6.45, 7) is 1.97. The molecule has 0 spiro atoms. The number of benzene rings is 1. The number of nitrogens with zero attached hydrogens (tertiary/aromatic N) is 3. The minimum absolute atomic E-state index is 0.0720. The summed E-state index contributed by atoms with van der Waals surface area (Å²) in [6.07, 6.45) is 0.463. The van der Waals surface area contributed by atoms with Crippen LogP contribution < -0.4 is 16.0 Å². The Morgan fingerprint density at radius 3 is 2.76 bits per heavy atom. The minimum atomic E-state index is 0.0720. The van der Waals surface area contributed by atoms with Crippen LogP contribution in [0, 0.1) is 0 Å². The average molecular weight is 283 g/mol. The fourth-order valence-corrected chi connectivity index (χ4v) is 2.33. The van der Waals surface area contributed by atoms with E-state index < -0.39 is 0 Å². The molecule has 1 aliphatic heterocycles. The molecule has 1 aromatic carbocycles. The monoisotopic (exact) mass is 283 g/mol. The van der Waals surface area contributed by atoms with Gasteiger partial charge in [0, 0.05) is 37.7 Å². The normalized spacial score (nSPS) is 15.4. The quantitative estimate of drug-likeness (QED) is 0.860. The highest BCUT2D eigenvalue weighted by atomic mass is 16.1. The smallest absolute Gasteiger partial charge is 0.221 e. The molecule has 0 unspecified atom stereocenters. The zero-order chi connectivity index (χ0) is 14.7. The van der Waals surface area contributed by atoms with Crippen molar-refractivity contribution in [3.63, 3.8) is 0 Å². The standard InChI is InChI=1S/C15H17N5O/c16-12-10-13(20-8-6-14(21)17-7-9-20)19-15(18-12)11-4-2-1-3-5-11/h1-5,10H,6-9H2,(H,17,21)(H2,16,18,19). The van der Waals surface area contributed by atoms with Crippen molar-refractivity contribution in [2.45, 2.75) is 6.42 Å². The van der Waals surface area contributed by atoms with E-state index in [1.54, 1.807) is 6.07 Å². The highest BCUT2D eigenvalue weighted by Crippen LogP contribution is 2.21. The van der Waals surface area contributed by atoms with Crippen LogP contribution in [0.1, 0.15) is 6.42 Å². The van der Waals surface area contributed by atoms with E-state index in [1.165, 1.54) is 0 Å². The predicted octanol–water partition coefficient (Wildman–Crippen LogP) is 1.05. The maximum atomic E-state index is 11.4. The second-order valence-corrected chi connectivity index (χ2v) is 4.93. The number of hydrogen-bond acceptors (Lipinski definition) is 5. The Kier molecular flexibility index (Phi) is 3.68. The van der Waals surface area contributed by atoms with Crippen LogP contribution in [0.3, 0.4) is 0 Å². The van der Waals surface area contributed by atoms with Gasteiger partial charge in [-0.25, -0.2) is 9.97 Å². The molecule has 6 nitrogen and oxygen atoms in total. The first-order valence-electron chi connectivity index (χ1n) is 6.94. The van der Waals surface area contributed by atoms with Crippen molar-refractivity contribution < 1.29 is 4.79 Å². The molecular weight excluding hydrogens is 266 g/mol. The molecule has 2 aromatic rings. The van der Waals surface area contributed by atoms with Crippen molar-refractivity contribution in [1.82, 2.24) is 15.3 Å². The number of carbonyl (C=O) groups is 1. The Bertz CT molecular complexity index is 644. The number of nitrogens with two attached hydrogens (primary N) is 1. The lowest BCUT2D eigenvalue weighted by Gasteiger charge is -2.21. The Morgan fingerprint density at radius 2 is 1.95 bits per heavy atom. The molecule has 1 aliphatic rings. The van der Waals surface area contributed by atoms with E-state index in [4.69, 9.17) is 5.73 Å². The van der Waals surface area contributed by atoms with Crippen LogP contribution in [0.15, 0.2) is 36.4 Å². The van der Waals surface area contributed by atoms with Crippen molar-refractivity contribution in [2.24, 2.45) is 0 Å². The maximum absolute atomic E-state index is 11.4. The fraction of sp³-hybridized carbons (Fsp3) is 0.267. The van der Waals surface area contributed by atoms with E-state index in [1.807, 2.05) is 30.3 Å². The van der Waals surface area contributed by atoms with Crippen LogP contribution >= 0.6 is 0 Å². The third-order valence-corrected chi connectivity index (χ3v) is 3.40. The van der Waals surface area contributed by atoms with Crippen LogP contribution in [0.4, 0.5) is 11.6 Å². The summed E-state index contributed by atoms with van der Waals surface area (Å²) < 4.78 is 0. The zero-order valence-corrected chi connectivity index (χ0v) is 11.6. The van der Waals surface area contributed by atoms with Crippen LogP contribution in [0.25, 0.3) is 11.4 Å². The first-order chi connectivity index (χ1) is 10.2. The van der Waals surface area contributed by atoms with Crippen LogP contribution in [0.2, 0.25) is 0 Å². The maximum Gasteiger partial charge on any atom is 0.221 e. The molecule has 1 saturated heterocycles. The van der Waals surface area contributed by atoms with Crippen molar-refractivity contribution in [2.75, 3.05) is 30.3 Å². The van der Waals surface area contributed by atoms with Crippen molar-refractivity contribution in [1.29, 1.82) is 0 Å². The third-order valence-electron chi connectivity index (χ3n) is 3.40. The summed E-state index contributed by atoms with van der Waals surface area (Å²) >= 11 is 0. The van der Waals surface area contributed by atoms with E-state index in [2.05, 4.69) is 20.2 Å². The van der Waals surface area contributed by atoms with Gasteiger partial charge in [0.2, 0.25) is 5.91 Å². The number of anilines is 2. The number of hydrogen-bond donors (Lipinski definition) is 2. The van der Waals surface area contributed by atoms with Crippen molar-refractivity contribution in [3.05, 3.63) is 36.4 Å². The van der Waals surface area contributed by atoms with Gasteiger partial charge < -0.3 is 16.0 Å². The van der Waals surface area contributed by atoms with Gasteiger partial charge in [-0.2, -0.15) is 0 Å². The summed E-state index contributed by atoms with van der Waals surface area (Å²) in [5.74, 6) is 1.87. The first kappa shape index (κ1) is 13.4. The van der Waals surface area contributed by atoms with Crippen molar-refractivity contribution in [3.8, 4) is 11.4 Å². The molecule has 0 radical (unpaired) electrons. The number of nitrogens with one attached hydrogen (secondary N) is 1. The van der Waals surface area contributed by atoms with Crippen LogP contribution in [0.5, 0.6) is 0 Å². The molecule has 1 amide bonds. The van der Waals surface area contributed by atoms with E-state index in [9.17, 15) is 4.79 Å². The van der Waals surface area contributed by atoms with Gasteiger partial charge in [-0.05, 0) is 0 Å². The lowest BCUT2D eigenvalue weighted by atomic mass is 10.2. The lowest BCUT2D eigenvalue weighted by molar-refractivity contribution is -0.120. The topological polar surface area (TPSA) is 84.1 Å². The number of amides is 1. The summed E-state index contributed by atoms with van der Waals surface area (Å²) in [4.78, 5) is 22.4. The fourth-order valence-electron chi connectivity index (χ4n) is 2.33. The molecule has 6 heteroatoms. The molecule has 21 heavy (non-hydrogen) atoms. The molecule has 0 aliphatic carbocycles. The van der Waals surface area contributed by atoms with Crippen LogP contribution in [-0.2, 0) is 4.79 Å².